The molecule has 0 aliphatic carbocycles. The lowest BCUT2D eigenvalue weighted by atomic mass is 10.2. The number of hydrogen-bond donors (Lipinski definition) is 1. The van der Waals surface area contributed by atoms with Gasteiger partial charge in [0.15, 0.2) is 0 Å². The van der Waals surface area contributed by atoms with Crippen molar-refractivity contribution in [2.24, 2.45) is 0 Å². The maximum absolute atomic E-state index is 11.0. The van der Waals surface area contributed by atoms with E-state index in [1.807, 2.05) is 13.2 Å². The predicted molar refractivity (Wildman–Crippen MR) is 52.3 cm³/mol. The maximum atomic E-state index is 11.0. The van der Waals surface area contributed by atoms with E-state index >= 15 is 0 Å². The van der Waals surface area contributed by atoms with Gasteiger partial charge in [-0.1, -0.05) is 13.3 Å². The van der Waals surface area contributed by atoms with E-state index in [0.717, 1.165) is 12.8 Å². The molecule has 0 rings (SSSR count). The Labute approximate surface area is 75.2 Å². The highest BCUT2D eigenvalue weighted by molar-refractivity contribution is 8.10. The van der Waals surface area contributed by atoms with Crippen LogP contribution in [0.15, 0.2) is 0 Å². The molecule has 0 radical (unpaired) electrons. The number of thioether (sulfide) groups is 1. The molecule has 0 saturated carbocycles. The van der Waals surface area contributed by atoms with E-state index in [-0.39, 0.29) is 4.58 Å². The zero-order valence-electron chi connectivity index (χ0n) is 7.24. The lowest BCUT2D eigenvalue weighted by Crippen LogP contribution is -2.26. The predicted octanol–water partition coefficient (Wildman–Crippen LogP) is 1.22. The minimum Gasteiger partial charge on any atom is -0.391 e. The fraction of sp³-hybridized carbons (Fsp3) is 1.00. The molecule has 4 heteroatoms. The summed E-state index contributed by atoms with van der Waals surface area (Å²) >= 11 is 1.48. The van der Waals surface area contributed by atoms with E-state index in [0.29, 0.717) is 0 Å². The summed E-state index contributed by atoms with van der Waals surface area (Å²) in [6.07, 6.45) is 4.78. The van der Waals surface area contributed by atoms with Gasteiger partial charge in [-0.15, -0.1) is 11.8 Å². The quantitative estimate of drug-likeness (QED) is 0.718. The van der Waals surface area contributed by atoms with Crippen LogP contribution in [0.25, 0.3) is 0 Å². The van der Waals surface area contributed by atoms with Crippen LogP contribution in [-0.4, -0.2) is 32.5 Å². The zero-order valence-corrected chi connectivity index (χ0v) is 8.87. The molecule has 0 aliphatic heterocycles. The average molecular weight is 196 g/mol. The molecule has 3 atom stereocenters. The lowest BCUT2D eigenvalue weighted by molar-refractivity contribution is 0.179. The van der Waals surface area contributed by atoms with Crippen molar-refractivity contribution < 1.29 is 9.32 Å². The fourth-order valence-electron chi connectivity index (χ4n) is 0.946. The summed E-state index contributed by atoms with van der Waals surface area (Å²) in [6.45, 7) is 2.01. The van der Waals surface area contributed by atoms with Crippen LogP contribution in [0, 0.1) is 0 Å². The van der Waals surface area contributed by atoms with Gasteiger partial charge in [0.2, 0.25) is 0 Å². The third-order valence-electron chi connectivity index (χ3n) is 1.46. The van der Waals surface area contributed by atoms with Gasteiger partial charge >= 0.3 is 0 Å². The minimum absolute atomic E-state index is 0.116. The Bertz CT molecular complexity index is 128. The van der Waals surface area contributed by atoms with E-state index in [2.05, 4.69) is 0 Å². The highest BCUT2D eigenvalue weighted by Crippen LogP contribution is 2.17. The van der Waals surface area contributed by atoms with Gasteiger partial charge in [-0.05, 0) is 12.7 Å². The SMILES string of the molecule is CCCC(O)C(SC)S(C)=O. The largest absolute Gasteiger partial charge is 0.391 e. The molecule has 0 aromatic heterocycles. The van der Waals surface area contributed by atoms with Gasteiger partial charge in [0.25, 0.3) is 0 Å². The summed E-state index contributed by atoms with van der Waals surface area (Å²) in [5.41, 5.74) is 0. The van der Waals surface area contributed by atoms with Crippen molar-refractivity contribution in [3.05, 3.63) is 0 Å². The molecule has 3 unspecified atom stereocenters. The van der Waals surface area contributed by atoms with Gasteiger partial charge in [0.1, 0.15) is 4.58 Å². The molecule has 0 aromatic carbocycles. The Balaban J connectivity index is 3.91. The molecule has 11 heavy (non-hydrogen) atoms. The third kappa shape index (κ3) is 4.13. The van der Waals surface area contributed by atoms with E-state index in [1.54, 1.807) is 6.26 Å². The topological polar surface area (TPSA) is 37.3 Å². The van der Waals surface area contributed by atoms with E-state index < -0.39 is 16.9 Å². The molecule has 0 saturated heterocycles. The van der Waals surface area contributed by atoms with Crippen LogP contribution in [0.5, 0.6) is 0 Å². The third-order valence-corrected chi connectivity index (χ3v) is 4.60. The Hall–Kier alpha value is 0.460. The highest BCUT2D eigenvalue weighted by Gasteiger charge is 2.20. The first-order valence-electron chi connectivity index (χ1n) is 3.66. The van der Waals surface area contributed by atoms with Crippen molar-refractivity contribution in [1.29, 1.82) is 0 Å². The highest BCUT2D eigenvalue weighted by atomic mass is 32.2. The lowest BCUT2D eigenvalue weighted by Gasteiger charge is -2.17. The van der Waals surface area contributed by atoms with E-state index in [9.17, 15) is 9.32 Å². The number of rotatable bonds is 5. The second-order valence-electron chi connectivity index (χ2n) is 2.46. The second-order valence-corrected chi connectivity index (χ2v) is 5.24. The van der Waals surface area contributed by atoms with Crippen LogP contribution in [0.3, 0.4) is 0 Å². The van der Waals surface area contributed by atoms with Crippen molar-refractivity contribution >= 4 is 22.6 Å². The first-order valence-corrected chi connectivity index (χ1v) is 6.57. The van der Waals surface area contributed by atoms with Crippen LogP contribution in [0.2, 0.25) is 0 Å². The van der Waals surface area contributed by atoms with Crippen molar-refractivity contribution in [3.8, 4) is 0 Å². The molecule has 1 N–H and O–H groups in total. The summed E-state index contributed by atoms with van der Waals surface area (Å²) in [4.78, 5) is 0. The fourth-order valence-corrected chi connectivity index (χ4v) is 3.06. The van der Waals surface area contributed by atoms with Gasteiger partial charge in [0.05, 0.1) is 6.10 Å². The molecule has 0 amide bonds. The summed E-state index contributed by atoms with van der Waals surface area (Å²) in [6, 6.07) is 0. The maximum Gasteiger partial charge on any atom is 0.105 e. The van der Waals surface area contributed by atoms with Gasteiger partial charge in [-0.3, -0.25) is 4.21 Å². The number of aliphatic hydroxyl groups is 1. The van der Waals surface area contributed by atoms with Crippen molar-refractivity contribution in [2.45, 2.75) is 30.5 Å². The van der Waals surface area contributed by atoms with Crippen LogP contribution in [-0.2, 0) is 10.8 Å². The van der Waals surface area contributed by atoms with Crippen LogP contribution in [0.4, 0.5) is 0 Å². The Morgan fingerprint density at radius 1 is 1.64 bits per heavy atom. The van der Waals surface area contributed by atoms with Crippen LogP contribution < -0.4 is 0 Å². The van der Waals surface area contributed by atoms with Gasteiger partial charge in [-0.2, -0.15) is 0 Å². The van der Waals surface area contributed by atoms with Crippen LogP contribution >= 0.6 is 11.8 Å². The van der Waals surface area contributed by atoms with E-state index in [1.165, 1.54) is 11.8 Å². The Morgan fingerprint density at radius 2 is 2.18 bits per heavy atom. The van der Waals surface area contributed by atoms with Gasteiger partial charge in [0, 0.05) is 17.1 Å². The van der Waals surface area contributed by atoms with Crippen LogP contribution in [0.1, 0.15) is 19.8 Å². The van der Waals surface area contributed by atoms with Crippen molar-refractivity contribution in [1.82, 2.24) is 0 Å². The molecule has 0 fully saturated rings. The van der Waals surface area contributed by atoms with Crippen molar-refractivity contribution in [3.63, 3.8) is 0 Å². The molecule has 0 bridgehead atoms. The number of hydrogen-bond acceptors (Lipinski definition) is 3. The second kappa shape index (κ2) is 6.03. The molecule has 0 spiro atoms. The first-order chi connectivity index (χ1) is 5.13. The first kappa shape index (κ1) is 11.5. The average Bonchev–Trinajstić information content (AvgIpc) is 1.88. The Kier molecular flexibility index (Phi) is 6.28. The van der Waals surface area contributed by atoms with Gasteiger partial charge in [-0.25, -0.2) is 0 Å². The summed E-state index contributed by atoms with van der Waals surface area (Å²) in [5.74, 6) is 0. The summed E-state index contributed by atoms with van der Waals surface area (Å²) in [5, 5.41) is 9.47. The molecule has 0 heterocycles. The molecule has 0 aliphatic rings. The Morgan fingerprint density at radius 3 is 2.45 bits per heavy atom. The summed E-state index contributed by atoms with van der Waals surface area (Å²) < 4.78 is 10.9. The zero-order chi connectivity index (χ0) is 8.85. The van der Waals surface area contributed by atoms with Crippen molar-refractivity contribution in [2.75, 3.05) is 12.5 Å². The monoisotopic (exact) mass is 196 g/mol. The molecular formula is C7H16O2S2. The number of aliphatic hydroxyl groups excluding tert-OH is 1. The van der Waals surface area contributed by atoms with Gasteiger partial charge < -0.3 is 5.11 Å². The molecule has 2 nitrogen and oxygen atoms in total. The molecule has 68 valence electrons. The standard InChI is InChI=1S/C7H16O2S2/c1-4-5-6(8)7(10-2)11(3)9/h6-8H,4-5H2,1-3H3. The molecular weight excluding hydrogens is 180 g/mol. The minimum atomic E-state index is -0.922. The van der Waals surface area contributed by atoms with E-state index in [4.69, 9.17) is 0 Å². The normalized spacial score (nSPS) is 19.3. The summed E-state index contributed by atoms with van der Waals surface area (Å²) in [7, 11) is -0.922. The smallest absolute Gasteiger partial charge is 0.105 e. The molecule has 0 aromatic rings.